The summed E-state index contributed by atoms with van der Waals surface area (Å²) in [4.78, 5) is 29.4. The molecule has 3 aromatic heterocycles. The van der Waals surface area contributed by atoms with E-state index >= 15 is 0 Å². The molecule has 1 amide bonds. The lowest BCUT2D eigenvalue weighted by atomic mass is 10.1. The number of amides is 1. The van der Waals surface area contributed by atoms with Crippen molar-refractivity contribution in [2.75, 3.05) is 5.32 Å². The van der Waals surface area contributed by atoms with Crippen LogP contribution >= 0.6 is 0 Å². The number of benzene rings is 1. The fourth-order valence-corrected chi connectivity index (χ4v) is 3.19. The molecule has 10 nitrogen and oxygen atoms in total. The Morgan fingerprint density at radius 1 is 1.06 bits per heavy atom. The highest BCUT2D eigenvalue weighted by atomic mass is 16.1. The van der Waals surface area contributed by atoms with Gasteiger partial charge in [-0.25, -0.2) is 19.9 Å². The smallest absolute Gasteiger partial charge is 0.251 e. The average Bonchev–Trinajstić information content (AvgIpc) is 3.22. The van der Waals surface area contributed by atoms with Gasteiger partial charge < -0.3 is 15.2 Å². The molecule has 0 aliphatic carbocycles. The molecule has 0 spiro atoms. The molecule has 0 bridgehead atoms. The highest BCUT2D eigenvalue weighted by Crippen LogP contribution is 2.17. The van der Waals surface area contributed by atoms with Crippen LogP contribution in [0.5, 0.6) is 0 Å². The van der Waals surface area contributed by atoms with Crippen LogP contribution in [-0.4, -0.2) is 40.6 Å². The minimum Gasteiger partial charge on any atom is -0.378 e. The average molecular weight is 429 g/mol. The van der Waals surface area contributed by atoms with Crippen LogP contribution < -0.4 is 10.6 Å². The number of rotatable bonds is 8. The van der Waals surface area contributed by atoms with Crippen LogP contribution in [0.4, 0.5) is 5.69 Å². The number of carbonyl (C=O) groups is 1. The fraction of sp³-hybridized carbons (Fsp3) is 0.227. The maximum Gasteiger partial charge on any atom is 0.251 e. The van der Waals surface area contributed by atoms with E-state index in [0.717, 1.165) is 11.5 Å². The molecular formula is C22H23N9O. The second kappa shape index (κ2) is 9.73. The van der Waals surface area contributed by atoms with Crippen molar-refractivity contribution in [3.63, 3.8) is 0 Å². The van der Waals surface area contributed by atoms with E-state index in [0.29, 0.717) is 35.9 Å². The first-order valence-electron chi connectivity index (χ1n) is 10.2. The van der Waals surface area contributed by atoms with Crippen LogP contribution in [0.3, 0.4) is 0 Å². The first-order chi connectivity index (χ1) is 15.7. The summed E-state index contributed by atoms with van der Waals surface area (Å²) < 4.78 is 1.87. The van der Waals surface area contributed by atoms with Crippen molar-refractivity contribution in [1.82, 2.24) is 40.0 Å². The first-order valence-corrected chi connectivity index (χ1v) is 10.2. The van der Waals surface area contributed by atoms with Gasteiger partial charge in [-0.15, -0.1) is 10.2 Å². The lowest BCUT2D eigenvalue weighted by molar-refractivity contribution is 0.0933. The molecule has 0 saturated heterocycles. The normalized spacial score (nSPS) is 11.7. The predicted octanol–water partition coefficient (Wildman–Crippen LogP) is 2.56. The van der Waals surface area contributed by atoms with Crippen molar-refractivity contribution in [2.24, 2.45) is 7.05 Å². The molecular weight excluding hydrogens is 406 g/mol. The third kappa shape index (κ3) is 4.75. The van der Waals surface area contributed by atoms with Crippen molar-refractivity contribution in [1.29, 1.82) is 0 Å². The third-order valence-corrected chi connectivity index (χ3v) is 4.96. The summed E-state index contributed by atoms with van der Waals surface area (Å²) in [5.74, 6) is 1.81. The van der Waals surface area contributed by atoms with E-state index in [1.54, 1.807) is 42.9 Å². The van der Waals surface area contributed by atoms with Gasteiger partial charge in [-0.3, -0.25) is 4.79 Å². The number of aromatic nitrogens is 7. The van der Waals surface area contributed by atoms with Crippen LogP contribution in [0.1, 0.15) is 41.4 Å². The molecule has 0 fully saturated rings. The van der Waals surface area contributed by atoms with Gasteiger partial charge in [0.05, 0.1) is 12.6 Å². The minimum atomic E-state index is -0.251. The zero-order chi connectivity index (χ0) is 22.3. The van der Waals surface area contributed by atoms with E-state index < -0.39 is 0 Å². The molecule has 1 atom stereocenters. The van der Waals surface area contributed by atoms with Gasteiger partial charge in [0.1, 0.15) is 17.8 Å². The van der Waals surface area contributed by atoms with Gasteiger partial charge in [0, 0.05) is 36.9 Å². The van der Waals surface area contributed by atoms with Gasteiger partial charge in [-0.1, -0.05) is 13.0 Å². The van der Waals surface area contributed by atoms with Crippen LogP contribution in [-0.2, 0) is 13.6 Å². The molecule has 1 aromatic carbocycles. The van der Waals surface area contributed by atoms with Gasteiger partial charge in [0.25, 0.3) is 5.91 Å². The molecule has 32 heavy (non-hydrogen) atoms. The second-order valence-electron chi connectivity index (χ2n) is 7.07. The number of carbonyl (C=O) groups excluding carboxylic acids is 1. The van der Waals surface area contributed by atoms with E-state index in [4.69, 9.17) is 0 Å². The Kier molecular flexibility index (Phi) is 6.40. The Hall–Kier alpha value is -4.21. The Labute approximate surface area is 185 Å². The summed E-state index contributed by atoms with van der Waals surface area (Å²) in [5.41, 5.74) is 2.05. The Balaban J connectivity index is 1.42. The zero-order valence-electron chi connectivity index (χ0n) is 17.8. The zero-order valence-corrected chi connectivity index (χ0v) is 17.8. The van der Waals surface area contributed by atoms with Crippen molar-refractivity contribution in [3.8, 4) is 11.5 Å². The molecule has 3 heterocycles. The van der Waals surface area contributed by atoms with Crippen LogP contribution in [0.25, 0.3) is 11.5 Å². The summed E-state index contributed by atoms with van der Waals surface area (Å²) in [6.07, 6.45) is 7.17. The molecule has 162 valence electrons. The monoisotopic (exact) mass is 429 g/mol. The fourth-order valence-electron chi connectivity index (χ4n) is 3.19. The van der Waals surface area contributed by atoms with Crippen molar-refractivity contribution in [3.05, 3.63) is 78.5 Å². The standard InChI is InChI=1S/C22H23N9O/c1-3-17(20-24-9-5-10-25-20)28-22(32)15-6-4-7-16(12-15)26-13-19-29-30-21(31(19)2)18-8-11-23-14-27-18/h4-12,14,17,26H,3,13H2,1-2H3,(H,28,32). The number of anilines is 1. The van der Waals surface area contributed by atoms with Crippen molar-refractivity contribution in [2.45, 2.75) is 25.9 Å². The molecule has 0 aliphatic rings. The van der Waals surface area contributed by atoms with E-state index in [9.17, 15) is 4.79 Å². The summed E-state index contributed by atoms with van der Waals surface area (Å²) in [7, 11) is 1.88. The summed E-state index contributed by atoms with van der Waals surface area (Å²) >= 11 is 0. The summed E-state index contributed by atoms with van der Waals surface area (Å²) in [6, 6.07) is 10.6. The molecule has 2 N–H and O–H groups in total. The van der Waals surface area contributed by atoms with E-state index in [-0.39, 0.29) is 11.9 Å². The molecule has 0 radical (unpaired) electrons. The second-order valence-corrected chi connectivity index (χ2v) is 7.07. The molecule has 10 heteroatoms. The minimum absolute atomic E-state index is 0.183. The van der Waals surface area contributed by atoms with Crippen LogP contribution in [0, 0.1) is 0 Å². The van der Waals surface area contributed by atoms with Crippen LogP contribution in [0.15, 0.2) is 61.3 Å². The number of nitrogens with zero attached hydrogens (tertiary/aromatic N) is 7. The Bertz CT molecular complexity index is 1180. The van der Waals surface area contributed by atoms with Gasteiger partial charge >= 0.3 is 0 Å². The van der Waals surface area contributed by atoms with Crippen molar-refractivity contribution >= 4 is 11.6 Å². The Morgan fingerprint density at radius 3 is 2.66 bits per heavy atom. The van der Waals surface area contributed by atoms with E-state index in [2.05, 4.69) is 40.8 Å². The maximum absolute atomic E-state index is 12.8. The van der Waals surface area contributed by atoms with E-state index in [1.165, 1.54) is 6.33 Å². The highest BCUT2D eigenvalue weighted by molar-refractivity contribution is 5.95. The third-order valence-electron chi connectivity index (χ3n) is 4.96. The van der Waals surface area contributed by atoms with Gasteiger partial charge in [-0.05, 0) is 36.8 Å². The van der Waals surface area contributed by atoms with Crippen LogP contribution in [0.2, 0.25) is 0 Å². The summed E-state index contributed by atoms with van der Waals surface area (Å²) in [5, 5.41) is 14.8. The molecule has 4 aromatic rings. The van der Waals surface area contributed by atoms with Gasteiger partial charge in [0.2, 0.25) is 0 Å². The maximum atomic E-state index is 12.8. The number of nitrogens with one attached hydrogen (secondary N) is 2. The quantitative estimate of drug-likeness (QED) is 0.438. The molecule has 0 aliphatic heterocycles. The number of hydrogen-bond acceptors (Lipinski definition) is 8. The lowest BCUT2D eigenvalue weighted by Crippen LogP contribution is -2.29. The molecule has 0 saturated carbocycles. The van der Waals surface area contributed by atoms with E-state index in [1.807, 2.05) is 30.7 Å². The largest absolute Gasteiger partial charge is 0.378 e. The Morgan fingerprint density at radius 2 is 1.91 bits per heavy atom. The van der Waals surface area contributed by atoms with Crippen molar-refractivity contribution < 1.29 is 4.79 Å². The van der Waals surface area contributed by atoms with Gasteiger partial charge in [-0.2, -0.15) is 0 Å². The summed E-state index contributed by atoms with van der Waals surface area (Å²) in [6.45, 7) is 2.42. The lowest BCUT2D eigenvalue weighted by Gasteiger charge is -2.16. The predicted molar refractivity (Wildman–Crippen MR) is 118 cm³/mol. The topological polar surface area (TPSA) is 123 Å². The molecule has 1 unspecified atom stereocenters. The van der Waals surface area contributed by atoms with Gasteiger partial charge in [0.15, 0.2) is 11.6 Å². The first kappa shape index (κ1) is 21.0. The SMILES string of the molecule is CCC(NC(=O)c1cccc(NCc2nnc(-c3ccncn3)n2C)c1)c1ncccn1. The number of hydrogen-bond donors (Lipinski definition) is 2. The molecule has 4 rings (SSSR count). The highest BCUT2D eigenvalue weighted by Gasteiger charge is 2.17.